The van der Waals surface area contributed by atoms with Crippen molar-refractivity contribution in [2.75, 3.05) is 6.61 Å². The molecule has 2 unspecified atom stereocenters. The highest BCUT2D eigenvalue weighted by atomic mass is 16.3. The third-order valence-corrected chi connectivity index (χ3v) is 4.89. The van der Waals surface area contributed by atoms with Crippen LogP contribution < -0.4 is 0 Å². The van der Waals surface area contributed by atoms with E-state index >= 15 is 0 Å². The summed E-state index contributed by atoms with van der Waals surface area (Å²) in [6, 6.07) is 0. The normalized spacial score (nSPS) is 39.7. The van der Waals surface area contributed by atoms with Crippen molar-refractivity contribution in [1.29, 1.82) is 0 Å². The molecule has 108 valence electrons. The second-order valence-electron chi connectivity index (χ2n) is 6.38. The Morgan fingerprint density at radius 3 is 2.47 bits per heavy atom. The molecule has 0 bridgehead atoms. The number of Topliss-reactive ketones (excluding diaryl/α,β-unsaturated/α-hetero) is 1. The lowest BCUT2D eigenvalue weighted by atomic mass is 9.61. The quantitative estimate of drug-likeness (QED) is 0.695. The van der Waals surface area contributed by atoms with Crippen molar-refractivity contribution in [2.45, 2.75) is 45.8 Å². The van der Waals surface area contributed by atoms with Gasteiger partial charge in [-0.3, -0.25) is 4.79 Å². The van der Waals surface area contributed by atoms with E-state index in [4.69, 9.17) is 0 Å². The number of carbonyl (C=O) groups excluding carboxylic acids is 1. The molecule has 4 heteroatoms. The Morgan fingerprint density at radius 1 is 1.32 bits per heavy atom. The second-order valence-corrected chi connectivity index (χ2v) is 6.38. The van der Waals surface area contributed by atoms with E-state index in [0.29, 0.717) is 23.5 Å². The fraction of sp³-hybridized carbons (Fsp3) is 0.800. The predicted molar refractivity (Wildman–Crippen MR) is 71.3 cm³/mol. The average Bonchev–Trinajstić information content (AvgIpc) is 2.36. The minimum absolute atomic E-state index is 0.0122. The summed E-state index contributed by atoms with van der Waals surface area (Å²) in [7, 11) is 0. The van der Waals surface area contributed by atoms with Crippen LogP contribution in [0.25, 0.3) is 0 Å². The minimum atomic E-state index is -1.01. The molecule has 4 nitrogen and oxygen atoms in total. The van der Waals surface area contributed by atoms with Crippen LogP contribution in [-0.4, -0.2) is 39.9 Å². The Morgan fingerprint density at radius 2 is 1.95 bits per heavy atom. The first kappa shape index (κ1) is 14.7. The molecule has 1 fully saturated rings. The van der Waals surface area contributed by atoms with Gasteiger partial charge in [-0.25, -0.2) is 0 Å². The van der Waals surface area contributed by atoms with Crippen molar-refractivity contribution in [3.05, 3.63) is 11.1 Å². The van der Waals surface area contributed by atoms with Gasteiger partial charge in [-0.1, -0.05) is 20.8 Å². The first-order chi connectivity index (χ1) is 8.88. The summed E-state index contributed by atoms with van der Waals surface area (Å²) < 4.78 is 0. The molecule has 0 spiro atoms. The van der Waals surface area contributed by atoms with E-state index in [2.05, 4.69) is 13.8 Å². The van der Waals surface area contributed by atoms with E-state index in [1.165, 1.54) is 0 Å². The Bertz CT molecular complexity index is 399. The molecule has 0 aromatic rings. The number of fused-ring (bicyclic) bond motifs is 1. The molecule has 1 saturated carbocycles. The van der Waals surface area contributed by atoms with E-state index < -0.39 is 12.2 Å². The lowest BCUT2D eigenvalue weighted by Crippen LogP contribution is -2.48. The number of ketones is 1. The SMILES string of the molecule is CC(C)[C@@H]1CC(=O)C(CO)=C2C(O)C(O)[C@H](C)C[C@H]21. The molecule has 0 aromatic carbocycles. The Hall–Kier alpha value is -0.710. The highest BCUT2D eigenvalue weighted by Crippen LogP contribution is 2.46. The van der Waals surface area contributed by atoms with Crippen LogP contribution >= 0.6 is 0 Å². The van der Waals surface area contributed by atoms with Crippen molar-refractivity contribution < 1.29 is 20.1 Å². The van der Waals surface area contributed by atoms with Gasteiger partial charge < -0.3 is 15.3 Å². The highest BCUT2D eigenvalue weighted by Gasteiger charge is 2.46. The molecular weight excluding hydrogens is 244 g/mol. The number of rotatable bonds is 2. The zero-order valence-corrected chi connectivity index (χ0v) is 11.8. The van der Waals surface area contributed by atoms with Crippen LogP contribution in [0.5, 0.6) is 0 Å². The third-order valence-electron chi connectivity index (χ3n) is 4.89. The number of hydrogen-bond acceptors (Lipinski definition) is 4. The average molecular weight is 268 g/mol. The summed E-state index contributed by atoms with van der Waals surface area (Å²) in [6.45, 7) is 5.76. The summed E-state index contributed by atoms with van der Waals surface area (Å²) >= 11 is 0. The van der Waals surface area contributed by atoms with E-state index in [0.717, 1.165) is 6.42 Å². The molecule has 0 aromatic heterocycles. The van der Waals surface area contributed by atoms with Gasteiger partial charge in [-0.05, 0) is 35.7 Å². The van der Waals surface area contributed by atoms with Gasteiger partial charge >= 0.3 is 0 Å². The van der Waals surface area contributed by atoms with Crippen molar-refractivity contribution in [3.63, 3.8) is 0 Å². The molecule has 2 aliphatic carbocycles. The molecule has 0 amide bonds. The lowest BCUT2D eigenvalue weighted by molar-refractivity contribution is -0.120. The molecular formula is C15H24O4. The van der Waals surface area contributed by atoms with E-state index in [-0.39, 0.29) is 30.1 Å². The summed E-state index contributed by atoms with van der Waals surface area (Å²) in [5, 5.41) is 29.7. The largest absolute Gasteiger partial charge is 0.392 e. The molecule has 19 heavy (non-hydrogen) atoms. The summed E-state index contributed by atoms with van der Waals surface area (Å²) in [6.07, 6.45) is -0.641. The van der Waals surface area contributed by atoms with Crippen LogP contribution in [0.1, 0.15) is 33.6 Å². The molecule has 2 aliphatic rings. The molecule has 0 heterocycles. The zero-order chi connectivity index (χ0) is 14.3. The standard InChI is InChI=1S/C15H24O4/c1-7(2)9-5-12(17)11(6-16)13-10(9)4-8(3)14(18)15(13)19/h7-10,14-16,18-19H,4-6H2,1-3H3/t8-,9+,10+,14?,15?/m1/s1. The van der Waals surface area contributed by atoms with Crippen molar-refractivity contribution in [3.8, 4) is 0 Å². The van der Waals surface area contributed by atoms with Crippen LogP contribution in [0.2, 0.25) is 0 Å². The maximum atomic E-state index is 12.1. The maximum Gasteiger partial charge on any atom is 0.161 e. The van der Waals surface area contributed by atoms with Crippen molar-refractivity contribution in [2.24, 2.45) is 23.7 Å². The minimum Gasteiger partial charge on any atom is -0.392 e. The topological polar surface area (TPSA) is 77.8 Å². The van der Waals surface area contributed by atoms with Gasteiger partial charge in [-0.15, -0.1) is 0 Å². The van der Waals surface area contributed by atoms with Gasteiger partial charge in [0, 0.05) is 12.0 Å². The highest BCUT2D eigenvalue weighted by molar-refractivity contribution is 5.97. The Balaban J connectivity index is 2.48. The molecule has 0 aliphatic heterocycles. The second kappa shape index (κ2) is 5.35. The van der Waals surface area contributed by atoms with Crippen LogP contribution in [0, 0.1) is 23.7 Å². The van der Waals surface area contributed by atoms with Gasteiger partial charge in [0.05, 0.1) is 12.7 Å². The van der Waals surface area contributed by atoms with Gasteiger partial charge in [0.25, 0.3) is 0 Å². The third kappa shape index (κ3) is 2.37. The number of aliphatic hydroxyl groups is 3. The summed E-state index contributed by atoms with van der Waals surface area (Å²) in [5.74, 6) is 0.584. The zero-order valence-electron chi connectivity index (χ0n) is 11.8. The monoisotopic (exact) mass is 268 g/mol. The molecule has 2 rings (SSSR count). The van der Waals surface area contributed by atoms with Crippen LogP contribution in [0.15, 0.2) is 11.1 Å². The maximum absolute atomic E-state index is 12.1. The Kier molecular flexibility index (Phi) is 4.14. The van der Waals surface area contributed by atoms with Crippen molar-refractivity contribution in [1.82, 2.24) is 0 Å². The van der Waals surface area contributed by atoms with E-state index in [1.54, 1.807) is 0 Å². The number of carbonyl (C=O) groups is 1. The Labute approximate surface area is 114 Å². The first-order valence-corrected chi connectivity index (χ1v) is 7.11. The summed E-state index contributed by atoms with van der Waals surface area (Å²) in [5.41, 5.74) is 0.934. The summed E-state index contributed by atoms with van der Waals surface area (Å²) in [4.78, 5) is 12.1. The smallest absolute Gasteiger partial charge is 0.161 e. The fourth-order valence-corrected chi connectivity index (χ4v) is 3.71. The predicted octanol–water partition coefficient (Wildman–Crippen LogP) is 0.898. The molecule has 0 radical (unpaired) electrons. The first-order valence-electron chi connectivity index (χ1n) is 7.11. The van der Waals surface area contributed by atoms with E-state index in [1.807, 2.05) is 6.92 Å². The van der Waals surface area contributed by atoms with Gasteiger partial charge in [-0.2, -0.15) is 0 Å². The number of hydrogen-bond donors (Lipinski definition) is 3. The van der Waals surface area contributed by atoms with Gasteiger partial charge in [0.2, 0.25) is 0 Å². The molecule has 5 atom stereocenters. The molecule has 3 N–H and O–H groups in total. The van der Waals surface area contributed by atoms with Gasteiger partial charge in [0.15, 0.2) is 5.78 Å². The number of aliphatic hydroxyl groups excluding tert-OH is 3. The fourth-order valence-electron chi connectivity index (χ4n) is 3.71. The van der Waals surface area contributed by atoms with Crippen LogP contribution in [0.3, 0.4) is 0 Å². The van der Waals surface area contributed by atoms with Crippen LogP contribution in [-0.2, 0) is 4.79 Å². The molecule has 0 saturated heterocycles. The van der Waals surface area contributed by atoms with Crippen molar-refractivity contribution >= 4 is 5.78 Å². The van der Waals surface area contributed by atoms with Gasteiger partial charge in [0.1, 0.15) is 6.10 Å². The van der Waals surface area contributed by atoms with E-state index in [9.17, 15) is 20.1 Å². The lowest BCUT2D eigenvalue weighted by Gasteiger charge is -2.45. The van der Waals surface area contributed by atoms with Crippen LogP contribution in [0.4, 0.5) is 0 Å².